The molecule has 2 aliphatic rings. The molecule has 2 fully saturated rings. The molecule has 2 aliphatic heterocycles. The summed E-state index contributed by atoms with van der Waals surface area (Å²) in [4.78, 5) is 12.7. The number of halogens is 1. The van der Waals surface area contributed by atoms with E-state index in [4.69, 9.17) is 16.3 Å². The summed E-state index contributed by atoms with van der Waals surface area (Å²) in [6.07, 6.45) is 2.63. The SMILES string of the molecule is CCn1cc(Cl)c(NC(=O)[C@]23CNC[C@H]2CCOC3)n1. The summed E-state index contributed by atoms with van der Waals surface area (Å²) in [5, 5.41) is 10.9. The minimum absolute atomic E-state index is 0.0459. The highest BCUT2D eigenvalue weighted by Gasteiger charge is 2.51. The molecule has 0 aromatic carbocycles. The molecular weight excluding hydrogens is 280 g/mol. The molecule has 0 bridgehead atoms. The topological polar surface area (TPSA) is 68.2 Å². The molecule has 0 saturated carbocycles. The van der Waals surface area contributed by atoms with Gasteiger partial charge in [-0.3, -0.25) is 9.48 Å². The fraction of sp³-hybridized carbons (Fsp3) is 0.692. The van der Waals surface area contributed by atoms with Gasteiger partial charge >= 0.3 is 0 Å². The van der Waals surface area contributed by atoms with Crippen molar-refractivity contribution in [3.8, 4) is 0 Å². The zero-order chi connectivity index (χ0) is 14.2. The number of nitrogens with one attached hydrogen (secondary N) is 2. The number of aromatic nitrogens is 2. The first-order valence-electron chi connectivity index (χ1n) is 6.98. The van der Waals surface area contributed by atoms with Crippen LogP contribution in [0.5, 0.6) is 0 Å². The first-order valence-corrected chi connectivity index (χ1v) is 7.36. The Morgan fingerprint density at radius 3 is 3.35 bits per heavy atom. The van der Waals surface area contributed by atoms with Crippen molar-refractivity contribution in [3.63, 3.8) is 0 Å². The van der Waals surface area contributed by atoms with Crippen molar-refractivity contribution in [2.24, 2.45) is 11.3 Å². The predicted octanol–water partition coefficient (Wildman–Crippen LogP) is 1.12. The van der Waals surface area contributed by atoms with Crippen molar-refractivity contribution in [3.05, 3.63) is 11.2 Å². The molecule has 0 unspecified atom stereocenters. The van der Waals surface area contributed by atoms with Crippen LogP contribution in [0.25, 0.3) is 0 Å². The monoisotopic (exact) mass is 298 g/mol. The van der Waals surface area contributed by atoms with Crippen LogP contribution in [-0.4, -0.2) is 42.0 Å². The van der Waals surface area contributed by atoms with Crippen molar-refractivity contribution in [1.82, 2.24) is 15.1 Å². The van der Waals surface area contributed by atoms with E-state index in [0.29, 0.717) is 36.5 Å². The number of nitrogens with zero attached hydrogens (tertiary/aromatic N) is 2. The zero-order valence-electron chi connectivity index (χ0n) is 11.5. The molecule has 0 spiro atoms. The number of hydrogen-bond acceptors (Lipinski definition) is 4. The molecule has 3 heterocycles. The molecule has 7 heteroatoms. The number of hydrogen-bond donors (Lipinski definition) is 2. The Hall–Kier alpha value is -1.11. The summed E-state index contributed by atoms with van der Waals surface area (Å²) in [5.74, 6) is 0.711. The van der Waals surface area contributed by atoms with Crippen LogP contribution in [0.4, 0.5) is 5.82 Å². The second-order valence-electron chi connectivity index (χ2n) is 5.46. The standard InChI is InChI=1S/C13H19ClN4O2/c1-2-18-6-10(14)11(17-18)16-12(19)13-7-15-5-9(13)3-4-20-8-13/h6,9,15H,2-5,7-8H2,1H3,(H,16,17,19)/t9-,13+/m1/s1. The molecule has 110 valence electrons. The number of amides is 1. The maximum Gasteiger partial charge on any atom is 0.235 e. The Morgan fingerprint density at radius 2 is 2.60 bits per heavy atom. The second kappa shape index (κ2) is 5.35. The summed E-state index contributed by atoms with van der Waals surface area (Å²) in [6.45, 7) is 5.40. The number of anilines is 1. The first kappa shape index (κ1) is 13.9. The van der Waals surface area contributed by atoms with Crippen LogP contribution >= 0.6 is 11.6 Å². The van der Waals surface area contributed by atoms with Crippen molar-refractivity contribution in [2.75, 3.05) is 31.6 Å². The van der Waals surface area contributed by atoms with Crippen LogP contribution in [-0.2, 0) is 16.1 Å². The van der Waals surface area contributed by atoms with Crippen molar-refractivity contribution < 1.29 is 9.53 Å². The molecule has 3 rings (SSSR count). The Balaban J connectivity index is 1.79. The number of ether oxygens (including phenoxy) is 1. The van der Waals surface area contributed by atoms with Gasteiger partial charge in [0.25, 0.3) is 0 Å². The Bertz CT molecular complexity index is 518. The lowest BCUT2D eigenvalue weighted by molar-refractivity contribution is -0.135. The lowest BCUT2D eigenvalue weighted by Gasteiger charge is -2.36. The van der Waals surface area contributed by atoms with E-state index in [0.717, 1.165) is 19.6 Å². The van der Waals surface area contributed by atoms with Gasteiger partial charge in [-0.25, -0.2) is 0 Å². The van der Waals surface area contributed by atoms with Crippen molar-refractivity contribution in [1.29, 1.82) is 0 Å². The molecule has 0 radical (unpaired) electrons. The smallest absolute Gasteiger partial charge is 0.235 e. The summed E-state index contributed by atoms with van der Waals surface area (Å²) in [7, 11) is 0. The van der Waals surface area contributed by atoms with Gasteiger partial charge in [0, 0.05) is 25.9 Å². The minimum Gasteiger partial charge on any atom is -0.380 e. The molecule has 6 nitrogen and oxygen atoms in total. The maximum absolute atomic E-state index is 12.7. The average Bonchev–Trinajstić information content (AvgIpc) is 3.03. The summed E-state index contributed by atoms with van der Waals surface area (Å²) in [6, 6.07) is 0. The van der Waals surface area contributed by atoms with E-state index in [2.05, 4.69) is 15.7 Å². The average molecular weight is 299 g/mol. The van der Waals surface area contributed by atoms with Gasteiger partial charge in [0.1, 0.15) is 5.02 Å². The van der Waals surface area contributed by atoms with E-state index >= 15 is 0 Å². The third-order valence-electron chi connectivity index (χ3n) is 4.31. The van der Waals surface area contributed by atoms with E-state index in [-0.39, 0.29) is 5.91 Å². The van der Waals surface area contributed by atoms with Gasteiger partial charge in [-0.1, -0.05) is 11.6 Å². The zero-order valence-corrected chi connectivity index (χ0v) is 12.2. The highest BCUT2D eigenvalue weighted by Crippen LogP contribution is 2.38. The molecule has 1 aromatic heterocycles. The maximum atomic E-state index is 12.7. The van der Waals surface area contributed by atoms with Gasteiger partial charge in [0.15, 0.2) is 5.82 Å². The normalized spacial score (nSPS) is 29.2. The molecule has 2 saturated heterocycles. The summed E-state index contributed by atoms with van der Waals surface area (Å²) < 4.78 is 7.25. The lowest BCUT2D eigenvalue weighted by Crippen LogP contribution is -2.49. The second-order valence-corrected chi connectivity index (χ2v) is 5.87. The van der Waals surface area contributed by atoms with Gasteiger partial charge < -0.3 is 15.4 Å². The minimum atomic E-state index is -0.489. The molecule has 1 amide bonds. The Morgan fingerprint density at radius 1 is 1.75 bits per heavy atom. The van der Waals surface area contributed by atoms with Gasteiger partial charge in [0.2, 0.25) is 5.91 Å². The lowest BCUT2D eigenvalue weighted by atomic mass is 9.75. The van der Waals surface area contributed by atoms with Crippen LogP contribution in [0.2, 0.25) is 5.02 Å². The molecular formula is C13H19ClN4O2. The third kappa shape index (κ3) is 2.21. The van der Waals surface area contributed by atoms with Gasteiger partial charge in [-0.15, -0.1) is 0 Å². The number of rotatable bonds is 3. The Labute approximate surface area is 122 Å². The van der Waals surface area contributed by atoms with Crippen LogP contribution in [0, 0.1) is 11.3 Å². The molecule has 1 aromatic rings. The fourth-order valence-electron chi connectivity index (χ4n) is 3.04. The third-order valence-corrected chi connectivity index (χ3v) is 4.58. The predicted molar refractivity (Wildman–Crippen MR) is 75.8 cm³/mol. The van der Waals surface area contributed by atoms with E-state index in [1.807, 2.05) is 6.92 Å². The van der Waals surface area contributed by atoms with Crippen LogP contribution < -0.4 is 10.6 Å². The van der Waals surface area contributed by atoms with E-state index in [1.165, 1.54) is 0 Å². The van der Waals surface area contributed by atoms with Gasteiger partial charge in [-0.05, 0) is 25.8 Å². The van der Waals surface area contributed by atoms with E-state index in [1.54, 1.807) is 10.9 Å². The largest absolute Gasteiger partial charge is 0.380 e. The molecule has 0 aliphatic carbocycles. The number of fused-ring (bicyclic) bond motifs is 1. The van der Waals surface area contributed by atoms with E-state index < -0.39 is 5.41 Å². The summed E-state index contributed by atoms with van der Waals surface area (Å²) in [5.41, 5.74) is -0.489. The number of carbonyl (C=O) groups excluding carboxylic acids is 1. The van der Waals surface area contributed by atoms with Crippen molar-refractivity contribution in [2.45, 2.75) is 19.9 Å². The molecule has 2 atom stereocenters. The van der Waals surface area contributed by atoms with Crippen LogP contribution in [0.3, 0.4) is 0 Å². The Kier molecular flexibility index (Phi) is 3.70. The van der Waals surface area contributed by atoms with Crippen LogP contribution in [0.1, 0.15) is 13.3 Å². The van der Waals surface area contributed by atoms with E-state index in [9.17, 15) is 4.79 Å². The highest BCUT2D eigenvalue weighted by molar-refractivity contribution is 6.33. The van der Waals surface area contributed by atoms with Crippen LogP contribution in [0.15, 0.2) is 6.20 Å². The highest BCUT2D eigenvalue weighted by atomic mass is 35.5. The fourth-order valence-corrected chi connectivity index (χ4v) is 3.24. The molecule has 20 heavy (non-hydrogen) atoms. The van der Waals surface area contributed by atoms with Gasteiger partial charge in [0.05, 0.1) is 12.0 Å². The quantitative estimate of drug-likeness (QED) is 0.877. The molecule has 2 N–H and O–H groups in total. The van der Waals surface area contributed by atoms with Crippen molar-refractivity contribution >= 4 is 23.3 Å². The summed E-state index contributed by atoms with van der Waals surface area (Å²) >= 11 is 6.10. The number of carbonyl (C=O) groups is 1. The first-order chi connectivity index (χ1) is 9.65. The number of aryl methyl sites for hydroxylation is 1. The van der Waals surface area contributed by atoms with Gasteiger partial charge in [-0.2, -0.15) is 5.10 Å².